The Balaban J connectivity index is 1.82. The summed E-state index contributed by atoms with van der Waals surface area (Å²) >= 11 is 0. The van der Waals surface area contributed by atoms with Crippen molar-refractivity contribution in [3.63, 3.8) is 0 Å². The Hall–Kier alpha value is -2.91. The number of cyclic esters (lactones) is 1. The molecule has 1 aliphatic heterocycles. The van der Waals surface area contributed by atoms with Crippen LogP contribution in [0.2, 0.25) is 0 Å². The van der Waals surface area contributed by atoms with Gasteiger partial charge < -0.3 is 13.9 Å². The number of hydrazone groups is 1. The second kappa shape index (κ2) is 8.09. The van der Waals surface area contributed by atoms with Crippen molar-refractivity contribution in [2.45, 2.75) is 32.3 Å². The van der Waals surface area contributed by atoms with Gasteiger partial charge in [0.05, 0.1) is 18.8 Å². The molecule has 0 aliphatic carbocycles. The molecule has 24 heavy (non-hydrogen) atoms. The van der Waals surface area contributed by atoms with Crippen molar-refractivity contribution in [1.82, 2.24) is 5.01 Å². The number of hydrogen-bond acceptors (Lipinski definition) is 8. The molecule has 1 atom stereocenters. The minimum absolute atomic E-state index is 0.0352. The number of carbonyl (C=O) groups is 2. The highest BCUT2D eigenvalue weighted by Gasteiger charge is 2.32. The van der Waals surface area contributed by atoms with Gasteiger partial charge >= 0.3 is 17.9 Å². The molecule has 10 nitrogen and oxygen atoms in total. The van der Waals surface area contributed by atoms with E-state index in [2.05, 4.69) is 5.10 Å². The van der Waals surface area contributed by atoms with E-state index in [0.717, 1.165) is 17.9 Å². The summed E-state index contributed by atoms with van der Waals surface area (Å²) in [7, 11) is 0. The maximum absolute atomic E-state index is 11.6. The van der Waals surface area contributed by atoms with Crippen molar-refractivity contribution in [3.8, 4) is 0 Å². The summed E-state index contributed by atoms with van der Waals surface area (Å²) in [5.41, 5.74) is 0. The van der Waals surface area contributed by atoms with E-state index >= 15 is 0 Å². The van der Waals surface area contributed by atoms with Gasteiger partial charge in [-0.1, -0.05) is 13.3 Å². The molecule has 0 bridgehead atoms. The summed E-state index contributed by atoms with van der Waals surface area (Å²) in [6, 6.07) is 2.54. The Morgan fingerprint density at radius 1 is 1.58 bits per heavy atom. The molecule has 130 valence electrons. The molecule has 10 heteroatoms. The highest BCUT2D eigenvalue weighted by molar-refractivity contribution is 5.78. The zero-order valence-electron chi connectivity index (χ0n) is 13.0. The largest absolute Gasteiger partial charge is 0.462 e. The van der Waals surface area contributed by atoms with E-state index in [1.807, 2.05) is 6.92 Å². The van der Waals surface area contributed by atoms with E-state index in [0.29, 0.717) is 6.42 Å². The van der Waals surface area contributed by atoms with Crippen LogP contribution in [0.25, 0.3) is 0 Å². The summed E-state index contributed by atoms with van der Waals surface area (Å²) in [6.07, 6.45) is 1.84. The van der Waals surface area contributed by atoms with E-state index in [4.69, 9.17) is 13.9 Å². The third kappa shape index (κ3) is 4.80. The van der Waals surface area contributed by atoms with E-state index in [1.54, 1.807) is 0 Å². The first-order valence-corrected chi connectivity index (χ1v) is 7.41. The number of furan rings is 1. The zero-order chi connectivity index (χ0) is 17.5. The van der Waals surface area contributed by atoms with Crippen LogP contribution in [0.3, 0.4) is 0 Å². The summed E-state index contributed by atoms with van der Waals surface area (Å²) in [6.45, 7) is 2.04. The van der Waals surface area contributed by atoms with Gasteiger partial charge in [-0.05, 0) is 12.5 Å². The predicted molar refractivity (Wildman–Crippen MR) is 80.4 cm³/mol. The molecule has 0 aromatic carbocycles. The first-order valence-electron chi connectivity index (χ1n) is 7.41. The average molecular weight is 339 g/mol. The molecule has 0 saturated carbocycles. The van der Waals surface area contributed by atoms with Gasteiger partial charge in [-0.25, -0.2) is 4.79 Å². The van der Waals surface area contributed by atoms with Crippen molar-refractivity contribution in [1.29, 1.82) is 0 Å². The van der Waals surface area contributed by atoms with Gasteiger partial charge in [0.2, 0.25) is 0 Å². The molecule has 0 spiro atoms. The lowest BCUT2D eigenvalue weighted by Gasteiger charge is -2.08. The van der Waals surface area contributed by atoms with Crippen molar-refractivity contribution in [3.05, 3.63) is 28.0 Å². The molecule has 1 aliphatic rings. The molecular formula is C14H17N3O7. The van der Waals surface area contributed by atoms with Gasteiger partial charge in [0, 0.05) is 6.42 Å². The maximum atomic E-state index is 11.6. The number of carbonyl (C=O) groups excluding carboxylic acids is 2. The highest BCUT2D eigenvalue weighted by Crippen LogP contribution is 2.16. The van der Waals surface area contributed by atoms with Crippen LogP contribution < -0.4 is 0 Å². The zero-order valence-corrected chi connectivity index (χ0v) is 13.0. The first-order chi connectivity index (χ1) is 11.5. The third-order valence-electron chi connectivity index (χ3n) is 3.14. The molecule has 1 unspecified atom stereocenters. The van der Waals surface area contributed by atoms with Gasteiger partial charge in [0.25, 0.3) is 0 Å². The lowest BCUT2D eigenvalue weighted by Crippen LogP contribution is -2.23. The Kier molecular flexibility index (Phi) is 5.88. The van der Waals surface area contributed by atoms with Crippen LogP contribution in [0.15, 0.2) is 21.7 Å². The third-order valence-corrected chi connectivity index (χ3v) is 3.14. The predicted octanol–water partition coefficient (Wildman–Crippen LogP) is 2.08. The van der Waals surface area contributed by atoms with Crippen LogP contribution in [-0.4, -0.2) is 47.5 Å². The molecule has 2 rings (SSSR count). The number of unbranched alkanes of at least 4 members (excludes halogenated alkanes) is 1. The van der Waals surface area contributed by atoms with Gasteiger partial charge in [0.15, 0.2) is 11.9 Å². The summed E-state index contributed by atoms with van der Waals surface area (Å²) < 4.78 is 14.9. The fourth-order valence-corrected chi connectivity index (χ4v) is 1.90. The van der Waals surface area contributed by atoms with Crippen molar-refractivity contribution >= 4 is 24.2 Å². The smallest absolute Gasteiger partial charge is 0.433 e. The van der Waals surface area contributed by atoms with E-state index < -0.39 is 23.0 Å². The van der Waals surface area contributed by atoms with Gasteiger partial charge in [-0.3, -0.25) is 14.9 Å². The van der Waals surface area contributed by atoms with E-state index in [9.17, 15) is 19.7 Å². The SMILES string of the molecule is CCCCC(=O)OCC1CN(N=Cc2ccc([N+](=O)[O-])o2)C(=O)O1. The molecule has 0 radical (unpaired) electrons. The molecular weight excluding hydrogens is 322 g/mol. The van der Waals surface area contributed by atoms with Gasteiger partial charge in [0.1, 0.15) is 11.5 Å². The fraction of sp³-hybridized carbons (Fsp3) is 0.500. The second-order valence-corrected chi connectivity index (χ2v) is 5.05. The molecule has 2 heterocycles. The number of hydrogen-bond donors (Lipinski definition) is 0. The molecule has 0 N–H and O–H groups in total. The van der Waals surface area contributed by atoms with E-state index in [1.165, 1.54) is 18.3 Å². The summed E-state index contributed by atoms with van der Waals surface area (Å²) in [5.74, 6) is -0.626. The van der Waals surface area contributed by atoms with Crippen LogP contribution in [0.1, 0.15) is 31.9 Å². The lowest BCUT2D eigenvalue weighted by atomic mass is 10.2. The van der Waals surface area contributed by atoms with Crippen LogP contribution >= 0.6 is 0 Å². The number of esters is 1. The van der Waals surface area contributed by atoms with Crippen LogP contribution in [0, 0.1) is 10.1 Å². The lowest BCUT2D eigenvalue weighted by molar-refractivity contribution is -0.402. The normalized spacial score (nSPS) is 17.3. The highest BCUT2D eigenvalue weighted by atomic mass is 16.6. The average Bonchev–Trinajstić information content (AvgIpc) is 3.15. The standard InChI is InChI=1S/C14H17N3O7/c1-2-3-4-13(18)22-9-11-8-16(14(19)24-11)15-7-10-5-6-12(23-10)17(20)21/h5-7,11H,2-4,8-9H2,1H3. The molecule has 1 aromatic heterocycles. The maximum Gasteiger partial charge on any atom is 0.433 e. The summed E-state index contributed by atoms with van der Waals surface area (Å²) in [5, 5.41) is 15.4. The Labute approximate surface area is 137 Å². The number of nitrogens with zero attached hydrogens (tertiary/aromatic N) is 3. The second-order valence-electron chi connectivity index (χ2n) is 5.05. The Morgan fingerprint density at radius 3 is 3.04 bits per heavy atom. The molecule has 1 fully saturated rings. The van der Waals surface area contributed by atoms with Crippen LogP contribution in [0.4, 0.5) is 10.7 Å². The van der Waals surface area contributed by atoms with Gasteiger partial charge in [-0.15, -0.1) is 0 Å². The van der Waals surface area contributed by atoms with Crippen LogP contribution in [0.5, 0.6) is 0 Å². The van der Waals surface area contributed by atoms with Crippen LogP contribution in [-0.2, 0) is 14.3 Å². The topological polar surface area (TPSA) is 124 Å². The number of ether oxygens (including phenoxy) is 2. The number of nitro groups is 1. The van der Waals surface area contributed by atoms with E-state index in [-0.39, 0.29) is 24.9 Å². The molecule has 1 amide bonds. The van der Waals surface area contributed by atoms with Crippen molar-refractivity contribution in [2.24, 2.45) is 5.10 Å². The fourth-order valence-electron chi connectivity index (χ4n) is 1.90. The molecule has 1 saturated heterocycles. The Morgan fingerprint density at radius 2 is 2.38 bits per heavy atom. The molecule has 1 aromatic rings. The minimum atomic E-state index is -0.693. The summed E-state index contributed by atoms with van der Waals surface area (Å²) in [4.78, 5) is 32.9. The van der Waals surface area contributed by atoms with Crippen molar-refractivity contribution in [2.75, 3.05) is 13.2 Å². The van der Waals surface area contributed by atoms with Gasteiger partial charge in [-0.2, -0.15) is 10.1 Å². The Bertz CT molecular complexity index is 640. The monoisotopic (exact) mass is 339 g/mol. The minimum Gasteiger partial charge on any atom is -0.462 e. The number of amides is 1. The first kappa shape index (κ1) is 17.4. The quantitative estimate of drug-likeness (QED) is 0.307. The van der Waals surface area contributed by atoms with Crippen molar-refractivity contribution < 1.29 is 28.4 Å². The number of rotatable bonds is 8.